The van der Waals surface area contributed by atoms with Crippen molar-refractivity contribution in [2.45, 2.75) is 31.7 Å². The van der Waals surface area contributed by atoms with Crippen molar-refractivity contribution in [3.63, 3.8) is 0 Å². The van der Waals surface area contributed by atoms with Crippen LogP contribution in [0.1, 0.15) is 42.7 Å². The van der Waals surface area contributed by atoms with Crippen LogP contribution in [0.25, 0.3) is 11.0 Å². The highest BCUT2D eigenvalue weighted by Crippen LogP contribution is 2.23. The Morgan fingerprint density at radius 1 is 1.14 bits per heavy atom. The van der Waals surface area contributed by atoms with Crippen LogP contribution in [0.3, 0.4) is 0 Å². The van der Waals surface area contributed by atoms with Crippen molar-refractivity contribution in [3.05, 3.63) is 41.7 Å². The number of piperidine rings is 1. The summed E-state index contributed by atoms with van der Waals surface area (Å²) in [6.45, 7) is 1.02. The van der Waals surface area contributed by atoms with Gasteiger partial charge in [-0.3, -0.25) is 0 Å². The van der Waals surface area contributed by atoms with E-state index in [2.05, 4.69) is 20.6 Å². The van der Waals surface area contributed by atoms with Gasteiger partial charge in [-0.1, -0.05) is 28.9 Å². The maximum atomic E-state index is 5.36. The van der Waals surface area contributed by atoms with Gasteiger partial charge < -0.3 is 14.4 Å². The summed E-state index contributed by atoms with van der Waals surface area (Å²) in [6.07, 6.45) is 3.98. The molecule has 21 heavy (non-hydrogen) atoms. The average Bonchev–Trinajstić information content (AvgIpc) is 3.17. The monoisotopic (exact) mass is 284 g/mol. The fourth-order valence-electron chi connectivity index (χ4n) is 2.76. The van der Waals surface area contributed by atoms with Gasteiger partial charge in [-0.15, -0.1) is 0 Å². The van der Waals surface area contributed by atoms with Crippen LogP contribution in [0.15, 0.2) is 33.3 Å². The van der Waals surface area contributed by atoms with E-state index in [0.29, 0.717) is 12.3 Å². The Kier molecular flexibility index (Phi) is 3.16. The summed E-state index contributed by atoms with van der Waals surface area (Å²) in [6, 6.07) is 7.99. The van der Waals surface area contributed by atoms with Gasteiger partial charge in [-0.05, 0) is 31.5 Å². The van der Waals surface area contributed by atoms with Crippen LogP contribution in [0.4, 0.5) is 0 Å². The molecule has 1 saturated heterocycles. The first-order valence-corrected chi connectivity index (χ1v) is 7.29. The number of fused-ring (bicyclic) bond motifs is 1. The zero-order valence-corrected chi connectivity index (χ0v) is 11.6. The molecule has 0 spiro atoms. The first-order valence-electron chi connectivity index (χ1n) is 7.29. The minimum absolute atomic E-state index is 0.213. The van der Waals surface area contributed by atoms with E-state index in [9.17, 15) is 0 Å². The molecule has 0 bridgehead atoms. The van der Waals surface area contributed by atoms with Crippen LogP contribution in [0.2, 0.25) is 0 Å². The van der Waals surface area contributed by atoms with Crippen molar-refractivity contribution in [1.82, 2.24) is 20.6 Å². The van der Waals surface area contributed by atoms with Crippen LogP contribution in [-0.4, -0.2) is 21.8 Å². The van der Waals surface area contributed by atoms with Crippen LogP contribution in [0, 0.1) is 0 Å². The van der Waals surface area contributed by atoms with Gasteiger partial charge in [0.15, 0.2) is 11.4 Å². The van der Waals surface area contributed by atoms with E-state index in [0.717, 1.165) is 35.5 Å². The van der Waals surface area contributed by atoms with Gasteiger partial charge >= 0.3 is 0 Å². The van der Waals surface area contributed by atoms with Gasteiger partial charge in [-0.2, -0.15) is 4.98 Å². The second kappa shape index (κ2) is 5.29. The second-order valence-corrected chi connectivity index (χ2v) is 5.35. The fourth-order valence-corrected chi connectivity index (χ4v) is 2.76. The molecule has 3 aromatic rings. The lowest BCUT2D eigenvalue weighted by molar-refractivity contribution is 0.350. The van der Waals surface area contributed by atoms with Crippen molar-refractivity contribution in [2.24, 2.45) is 0 Å². The van der Waals surface area contributed by atoms with E-state index in [4.69, 9.17) is 9.05 Å². The fraction of sp³-hybridized carbons (Fsp3) is 0.400. The summed E-state index contributed by atoms with van der Waals surface area (Å²) in [5.41, 5.74) is 1.61. The Balaban J connectivity index is 1.56. The van der Waals surface area contributed by atoms with Crippen LogP contribution < -0.4 is 5.32 Å². The largest absolute Gasteiger partial charge is 0.356 e. The Bertz CT molecular complexity index is 743. The highest BCUT2D eigenvalue weighted by Gasteiger charge is 2.21. The van der Waals surface area contributed by atoms with E-state index in [-0.39, 0.29) is 6.04 Å². The third-order valence-electron chi connectivity index (χ3n) is 3.88. The molecule has 0 saturated carbocycles. The molecule has 6 nitrogen and oxygen atoms in total. The third-order valence-corrected chi connectivity index (χ3v) is 3.88. The maximum Gasteiger partial charge on any atom is 0.232 e. The molecule has 0 radical (unpaired) electrons. The van der Waals surface area contributed by atoms with Gasteiger partial charge in [-0.25, -0.2) is 0 Å². The first-order chi connectivity index (χ1) is 10.4. The Morgan fingerprint density at radius 3 is 3.00 bits per heavy atom. The van der Waals surface area contributed by atoms with E-state index < -0.39 is 0 Å². The van der Waals surface area contributed by atoms with Gasteiger partial charge in [0.05, 0.1) is 12.5 Å². The topological polar surface area (TPSA) is 77.0 Å². The molecular weight excluding hydrogens is 268 g/mol. The lowest BCUT2D eigenvalue weighted by Crippen LogP contribution is -2.27. The molecule has 1 unspecified atom stereocenters. The van der Waals surface area contributed by atoms with Crippen molar-refractivity contribution in [3.8, 4) is 0 Å². The number of para-hydroxylation sites is 1. The molecule has 1 fully saturated rings. The van der Waals surface area contributed by atoms with Crippen molar-refractivity contribution in [2.75, 3.05) is 6.54 Å². The molecule has 1 aliphatic rings. The molecule has 1 aromatic carbocycles. The van der Waals surface area contributed by atoms with Gasteiger partial charge in [0.25, 0.3) is 0 Å². The molecule has 108 valence electrons. The SMILES string of the molecule is c1ccc2c(Cc3nc(C4CCCCN4)no3)noc2c1. The Morgan fingerprint density at radius 2 is 2.10 bits per heavy atom. The molecule has 1 N–H and O–H groups in total. The summed E-state index contributed by atoms with van der Waals surface area (Å²) in [5, 5.41) is 12.6. The van der Waals surface area contributed by atoms with Crippen LogP contribution >= 0.6 is 0 Å². The van der Waals surface area contributed by atoms with Crippen molar-refractivity contribution >= 4 is 11.0 Å². The first kappa shape index (κ1) is 12.5. The van der Waals surface area contributed by atoms with E-state index in [1.165, 1.54) is 12.8 Å². The zero-order valence-electron chi connectivity index (χ0n) is 11.6. The minimum atomic E-state index is 0.213. The number of nitrogens with one attached hydrogen (secondary N) is 1. The number of benzene rings is 1. The summed E-state index contributed by atoms with van der Waals surface area (Å²) < 4.78 is 10.6. The van der Waals surface area contributed by atoms with E-state index in [1.54, 1.807) is 0 Å². The lowest BCUT2D eigenvalue weighted by atomic mass is 10.0. The average molecular weight is 284 g/mol. The molecule has 4 rings (SSSR count). The zero-order chi connectivity index (χ0) is 14.1. The molecule has 0 amide bonds. The van der Waals surface area contributed by atoms with Crippen molar-refractivity contribution < 1.29 is 9.05 Å². The smallest absolute Gasteiger partial charge is 0.232 e. The number of hydrogen-bond acceptors (Lipinski definition) is 6. The van der Waals surface area contributed by atoms with Crippen LogP contribution in [-0.2, 0) is 6.42 Å². The molecule has 1 atom stereocenters. The van der Waals surface area contributed by atoms with Crippen LogP contribution in [0.5, 0.6) is 0 Å². The Hall–Kier alpha value is -2.21. The molecule has 1 aliphatic heterocycles. The molecule has 3 heterocycles. The predicted molar refractivity (Wildman–Crippen MR) is 75.7 cm³/mol. The second-order valence-electron chi connectivity index (χ2n) is 5.35. The standard InChI is InChI=1S/C15H16N4O2/c1-2-7-13-10(5-1)12(18-20-13)9-14-17-15(19-21-14)11-6-3-4-8-16-11/h1-2,5,7,11,16H,3-4,6,8-9H2. The quantitative estimate of drug-likeness (QED) is 0.796. The normalized spacial score (nSPS) is 19.1. The van der Waals surface area contributed by atoms with E-state index in [1.807, 2.05) is 24.3 Å². The number of rotatable bonds is 3. The van der Waals surface area contributed by atoms with Crippen molar-refractivity contribution in [1.29, 1.82) is 0 Å². The van der Waals surface area contributed by atoms with Gasteiger partial charge in [0, 0.05) is 5.39 Å². The van der Waals surface area contributed by atoms with Gasteiger partial charge in [0.1, 0.15) is 5.69 Å². The summed E-state index contributed by atoms with van der Waals surface area (Å²) in [7, 11) is 0. The number of hydrogen-bond donors (Lipinski definition) is 1. The molecule has 0 aliphatic carbocycles. The lowest BCUT2D eigenvalue weighted by Gasteiger charge is -2.19. The van der Waals surface area contributed by atoms with Gasteiger partial charge in [0.2, 0.25) is 5.89 Å². The highest BCUT2D eigenvalue weighted by molar-refractivity contribution is 5.79. The summed E-state index contributed by atoms with van der Waals surface area (Å²) in [4.78, 5) is 4.49. The molecule has 6 heteroatoms. The molecular formula is C15H16N4O2. The number of aromatic nitrogens is 3. The number of nitrogens with zero attached hydrogens (tertiary/aromatic N) is 3. The third kappa shape index (κ3) is 2.42. The van der Waals surface area contributed by atoms with E-state index >= 15 is 0 Å². The highest BCUT2D eigenvalue weighted by atomic mass is 16.5. The predicted octanol–water partition coefficient (Wildman–Crippen LogP) is 2.62. The molecule has 2 aromatic heterocycles. The summed E-state index contributed by atoms with van der Waals surface area (Å²) >= 11 is 0. The summed E-state index contributed by atoms with van der Waals surface area (Å²) in [5.74, 6) is 1.33. The minimum Gasteiger partial charge on any atom is -0.356 e. The Labute approximate surface area is 121 Å². The maximum absolute atomic E-state index is 5.36.